The van der Waals surface area contributed by atoms with Crippen molar-refractivity contribution in [3.8, 4) is 0 Å². The average Bonchev–Trinajstić information content (AvgIpc) is 2.48. The number of carbonyl (C=O) groups is 4. The molecule has 0 aliphatic rings. The molecule has 0 saturated carbocycles. The molecule has 0 bridgehead atoms. The molecule has 0 aromatic carbocycles. The molecule has 5 atom stereocenters. The van der Waals surface area contributed by atoms with Crippen molar-refractivity contribution in [2.45, 2.75) is 32.0 Å². The summed E-state index contributed by atoms with van der Waals surface area (Å²) in [5, 5.41) is 39.2. The zero-order valence-electron chi connectivity index (χ0n) is 19.0. The van der Waals surface area contributed by atoms with Gasteiger partial charge >= 0.3 is 11.9 Å². The van der Waals surface area contributed by atoms with E-state index in [9.17, 15) is 39.6 Å². The van der Waals surface area contributed by atoms with Gasteiger partial charge in [-0.15, -0.1) is 0 Å². The fraction of sp³-hybridized carbons (Fsp3) is 0.800. The van der Waals surface area contributed by atoms with E-state index >= 15 is 0 Å². The monoisotopic (exact) mass is 434 g/mol. The maximum Gasteiger partial charge on any atom is 0.316 e. The number of aliphatic hydroxyl groups is 2. The Morgan fingerprint density at radius 3 is 1.43 bits per heavy atom. The number of aliphatic carboxylic acids is 2. The summed E-state index contributed by atoms with van der Waals surface area (Å²) < 4.78 is 0.521. The van der Waals surface area contributed by atoms with Gasteiger partial charge < -0.3 is 29.4 Å². The minimum Gasteiger partial charge on any atom is -0.481 e. The lowest BCUT2D eigenvalue weighted by molar-refractivity contribution is -0.873. The summed E-state index contributed by atoms with van der Waals surface area (Å²) in [6, 6.07) is 0. The van der Waals surface area contributed by atoms with Gasteiger partial charge in [-0.05, 0) is 6.42 Å². The number of Topliss-reactive ketones (excluding diaryl/α,β-unsaturated/α-hetero) is 2. The van der Waals surface area contributed by atoms with Crippen LogP contribution < -0.4 is 0 Å². The Hall–Kier alpha value is -1.88. The highest BCUT2D eigenvalue weighted by Crippen LogP contribution is 2.20. The zero-order chi connectivity index (χ0) is 24.0. The summed E-state index contributed by atoms with van der Waals surface area (Å²) in [6.07, 6.45) is -3.15. The Balaban J connectivity index is 5.19. The number of rotatable bonds is 14. The number of likely N-dealkylation sites (N-methyl/N-ethyl adjacent to an activating group) is 2. The average molecular weight is 435 g/mol. The Morgan fingerprint density at radius 1 is 0.733 bits per heavy atom. The third kappa shape index (κ3) is 9.75. The van der Waals surface area contributed by atoms with Crippen LogP contribution in [0.2, 0.25) is 0 Å². The van der Waals surface area contributed by atoms with Crippen LogP contribution in [-0.4, -0.2) is 120 Å². The van der Waals surface area contributed by atoms with E-state index in [1.54, 1.807) is 42.3 Å². The summed E-state index contributed by atoms with van der Waals surface area (Å²) in [6.45, 7) is 1.55. The van der Waals surface area contributed by atoms with Crippen LogP contribution in [0.25, 0.3) is 0 Å². The fourth-order valence-corrected chi connectivity index (χ4v) is 3.29. The first-order valence-corrected chi connectivity index (χ1v) is 9.86. The lowest BCUT2D eigenvalue weighted by Gasteiger charge is -2.30. The van der Waals surface area contributed by atoms with Crippen molar-refractivity contribution < 1.29 is 48.6 Å². The van der Waals surface area contributed by atoms with E-state index in [4.69, 9.17) is 0 Å². The topological polar surface area (TPSA) is 149 Å². The van der Waals surface area contributed by atoms with Crippen molar-refractivity contribution in [1.82, 2.24) is 0 Å². The smallest absolute Gasteiger partial charge is 0.316 e. The highest BCUT2D eigenvalue weighted by atomic mass is 16.4. The number of nitrogens with zero attached hydrogens (tertiary/aromatic N) is 2. The third-order valence-electron chi connectivity index (χ3n) is 4.73. The molecular weight excluding hydrogens is 396 g/mol. The van der Waals surface area contributed by atoms with E-state index in [2.05, 4.69) is 0 Å². The number of carboxylic acids is 2. The summed E-state index contributed by atoms with van der Waals surface area (Å²) in [5.74, 6) is -8.45. The highest BCUT2D eigenvalue weighted by molar-refractivity contribution is 6.01. The van der Waals surface area contributed by atoms with E-state index in [-0.39, 0.29) is 34.9 Å². The molecule has 0 spiro atoms. The second-order valence-corrected chi connectivity index (χ2v) is 10.0. The molecule has 5 unspecified atom stereocenters. The van der Waals surface area contributed by atoms with E-state index in [0.717, 1.165) is 0 Å². The molecule has 0 rings (SSSR count). The molecule has 0 aliphatic carbocycles. The molecule has 0 aliphatic heterocycles. The molecule has 10 heteroatoms. The SMILES string of the molecule is CC(CCC(=O)C(C(=O)O)C(O)C[N+](C)(C)C)C(=O)C(C(=O)O)C(O)C[N+](C)(C)C. The third-order valence-corrected chi connectivity index (χ3v) is 4.73. The largest absolute Gasteiger partial charge is 0.481 e. The maximum atomic E-state index is 12.6. The molecular formula is C20H38N2O8+2. The number of hydrogen-bond acceptors (Lipinski definition) is 6. The van der Waals surface area contributed by atoms with Gasteiger partial charge in [-0.2, -0.15) is 0 Å². The fourth-order valence-electron chi connectivity index (χ4n) is 3.29. The second kappa shape index (κ2) is 10.9. The number of carbonyl (C=O) groups excluding carboxylic acids is 2. The van der Waals surface area contributed by atoms with Crippen LogP contribution in [0.3, 0.4) is 0 Å². The van der Waals surface area contributed by atoms with Crippen LogP contribution in [0.5, 0.6) is 0 Å². The molecule has 10 nitrogen and oxygen atoms in total. The maximum absolute atomic E-state index is 12.6. The Kier molecular flexibility index (Phi) is 10.3. The first-order chi connectivity index (χ1) is 13.4. The van der Waals surface area contributed by atoms with E-state index in [0.29, 0.717) is 0 Å². The number of carboxylic acid groups (broad SMARTS) is 2. The predicted molar refractivity (Wildman–Crippen MR) is 108 cm³/mol. The van der Waals surface area contributed by atoms with Gasteiger partial charge in [-0.3, -0.25) is 19.2 Å². The summed E-state index contributed by atoms with van der Waals surface area (Å²) in [5.41, 5.74) is 0. The first-order valence-electron chi connectivity index (χ1n) is 9.86. The molecule has 0 aromatic heterocycles. The van der Waals surface area contributed by atoms with Gasteiger partial charge in [0.15, 0.2) is 5.78 Å². The molecule has 0 amide bonds. The number of ketones is 2. The van der Waals surface area contributed by atoms with Gasteiger partial charge in [0.1, 0.15) is 42.9 Å². The van der Waals surface area contributed by atoms with Gasteiger partial charge in [0, 0.05) is 12.3 Å². The minimum absolute atomic E-state index is 0.0483. The Morgan fingerprint density at radius 2 is 1.10 bits per heavy atom. The number of aliphatic hydroxyl groups excluding tert-OH is 2. The van der Waals surface area contributed by atoms with E-state index in [1.807, 2.05) is 0 Å². The number of hydrogen-bond donors (Lipinski definition) is 4. The van der Waals surface area contributed by atoms with Crippen molar-refractivity contribution in [3.63, 3.8) is 0 Å². The van der Waals surface area contributed by atoms with E-state index < -0.39 is 53.5 Å². The van der Waals surface area contributed by atoms with Gasteiger partial charge in [-0.25, -0.2) is 0 Å². The minimum atomic E-state index is -1.63. The molecule has 174 valence electrons. The van der Waals surface area contributed by atoms with Crippen molar-refractivity contribution in [2.24, 2.45) is 17.8 Å². The lowest BCUT2D eigenvalue weighted by Crippen LogP contribution is -2.49. The van der Waals surface area contributed by atoms with Crippen LogP contribution >= 0.6 is 0 Å². The molecule has 0 fully saturated rings. The van der Waals surface area contributed by atoms with Crippen LogP contribution in [0.15, 0.2) is 0 Å². The van der Waals surface area contributed by atoms with Gasteiger partial charge in [0.25, 0.3) is 0 Å². The molecule has 0 heterocycles. The van der Waals surface area contributed by atoms with Crippen LogP contribution in [0.4, 0.5) is 0 Å². The van der Waals surface area contributed by atoms with Crippen molar-refractivity contribution in [3.05, 3.63) is 0 Å². The van der Waals surface area contributed by atoms with Gasteiger partial charge in [0.2, 0.25) is 0 Å². The first kappa shape index (κ1) is 28.1. The van der Waals surface area contributed by atoms with Crippen LogP contribution in [-0.2, 0) is 19.2 Å². The predicted octanol–water partition coefficient (Wildman–Crippen LogP) is -0.923. The standard InChI is InChI=1S/C20H36N2O8/c1-12(18(26)17(20(29)30)15(25)11-22(5,6)7)8-9-13(23)16(19(27)28)14(24)10-21(2,3)4/h12,14-17,24-25H,8-11H2,1-7H3/p+2. The van der Waals surface area contributed by atoms with Gasteiger partial charge in [-0.1, -0.05) is 6.92 Å². The zero-order valence-corrected chi connectivity index (χ0v) is 19.0. The van der Waals surface area contributed by atoms with Crippen molar-refractivity contribution in [2.75, 3.05) is 55.4 Å². The quantitative estimate of drug-likeness (QED) is 0.202. The summed E-state index contributed by atoms with van der Waals surface area (Å²) in [7, 11) is 10.5. The molecule has 0 radical (unpaired) electrons. The van der Waals surface area contributed by atoms with E-state index in [1.165, 1.54) is 6.92 Å². The molecule has 4 N–H and O–H groups in total. The van der Waals surface area contributed by atoms with Crippen LogP contribution in [0, 0.1) is 17.8 Å². The van der Waals surface area contributed by atoms with Gasteiger partial charge in [0.05, 0.1) is 42.3 Å². The number of quaternary nitrogens is 2. The molecule has 0 saturated heterocycles. The summed E-state index contributed by atoms with van der Waals surface area (Å²) in [4.78, 5) is 48.1. The summed E-state index contributed by atoms with van der Waals surface area (Å²) >= 11 is 0. The Bertz CT molecular complexity index is 636. The second-order valence-electron chi connectivity index (χ2n) is 10.0. The molecule has 0 aromatic rings. The normalized spacial score (nSPS) is 17.5. The van der Waals surface area contributed by atoms with Crippen molar-refractivity contribution in [1.29, 1.82) is 0 Å². The Labute approximate surface area is 177 Å². The molecule has 30 heavy (non-hydrogen) atoms. The highest BCUT2D eigenvalue weighted by Gasteiger charge is 2.40. The lowest BCUT2D eigenvalue weighted by atomic mass is 9.85. The van der Waals surface area contributed by atoms with Crippen molar-refractivity contribution >= 4 is 23.5 Å². The van der Waals surface area contributed by atoms with Crippen LogP contribution in [0.1, 0.15) is 19.8 Å².